The number of halogens is 3. The molecule has 0 fully saturated rings. The molecule has 0 heterocycles. The Morgan fingerprint density at radius 3 is 2.55 bits per heavy atom. The van der Waals surface area contributed by atoms with E-state index in [4.69, 9.17) is 27.9 Å². The van der Waals surface area contributed by atoms with Gasteiger partial charge in [-0.3, -0.25) is 0 Å². The van der Waals surface area contributed by atoms with E-state index < -0.39 is 0 Å². The molecule has 0 radical (unpaired) electrons. The van der Waals surface area contributed by atoms with Crippen molar-refractivity contribution >= 4 is 39.1 Å². The Morgan fingerprint density at radius 2 is 1.86 bits per heavy atom. The zero-order valence-electron chi connectivity index (χ0n) is 12.5. The molecule has 0 saturated heterocycles. The third-order valence-corrected chi connectivity index (χ3v) is 4.20. The molecule has 118 valence electrons. The van der Waals surface area contributed by atoms with Crippen molar-refractivity contribution in [3.63, 3.8) is 0 Å². The molecule has 0 unspecified atom stereocenters. The second kappa shape index (κ2) is 8.21. The van der Waals surface area contributed by atoms with Crippen LogP contribution in [0.5, 0.6) is 5.75 Å². The zero-order valence-corrected chi connectivity index (χ0v) is 15.6. The van der Waals surface area contributed by atoms with Gasteiger partial charge in [0.2, 0.25) is 0 Å². The van der Waals surface area contributed by atoms with Crippen LogP contribution in [0.1, 0.15) is 25.0 Å². The summed E-state index contributed by atoms with van der Waals surface area (Å²) in [5.41, 5.74) is 2.02. The average molecular weight is 403 g/mol. The molecular formula is C17H18BrCl2NO. The number of ether oxygens (including phenoxy) is 1. The van der Waals surface area contributed by atoms with E-state index in [-0.39, 0.29) is 0 Å². The standard InChI is InChI=1S/C17H18BrCl2NO/c1-11(2)21-9-13-7-14(18)4-6-17(13)22-10-12-3-5-15(19)8-16(12)20/h3-8,11,21H,9-10H2,1-2H3. The van der Waals surface area contributed by atoms with Crippen LogP contribution < -0.4 is 10.1 Å². The second-order valence-corrected chi connectivity index (χ2v) is 7.07. The molecule has 5 heteroatoms. The van der Waals surface area contributed by atoms with Gasteiger partial charge in [0.05, 0.1) is 0 Å². The monoisotopic (exact) mass is 401 g/mol. The predicted octanol–water partition coefficient (Wildman–Crippen LogP) is 5.83. The van der Waals surface area contributed by atoms with Crippen LogP contribution in [0.25, 0.3) is 0 Å². The molecule has 0 saturated carbocycles. The van der Waals surface area contributed by atoms with Gasteiger partial charge < -0.3 is 10.1 Å². The van der Waals surface area contributed by atoms with Crippen molar-refractivity contribution in [1.82, 2.24) is 5.32 Å². The highest BCUT2D eigenvalue weighted by Gasteiger charge is 2.08. The van der Waals surface area contributed by atoms with Gasteiger partial charge in [-0.2, -0.15) is 0 Å². The van der Waals surface area contributed by atoms with Crippen molar-refractivity contribution in [2.24, 2.45) is 0 Å². The maximum Gasteiger partial charge on any atom is 0.124 e. The summed E-state index contributed by atoms with van der Waals surface area (Å²) in [7, 11) is 0. The number of benzene rings is 2. The van der Waals surface area contributed by atoms with E-state index in [1.807, 2.05) is 24.3 Å². The minimum absolute atomic E-state index is 0.409. The molecule has 2 nitrogen and oxygen atoms in total. The number of nitrogens with one attached hydrogen (secondary N) is 1. The predicted molar refractivity (Wildman–Crippen MR) is 96.9 cm³/mol. The van der Waals surface area contributed by atoms with Crippen LogP contribution in [0.15, 0.2) is 40.9 Å². The fourth-order valence-electron chi connectivity index (χ4n) is 1.94. The molecule has 2 aromatic carbocycles. The van der Waals surface area contributed by atoms with E-state index in [0.29, 0.717) is 22.7 Å². The van der Waals surface area contributed by atoms with Gasteiger partial charge in [-0.15, -0.1) is 0 Å². The van der Waals surface area contributed by atoms with Gasteiger partial charge in [-0.1, -0.05) is 59.0 Å². The number of rotatable bonds is 6. The number of hydrogen-bond acceptors (Lipinski definition) is 2. The van der Waals surface area contributed by atoms with Gasteiger partial charge in [0.25, 0.3) is 0 Å². The summed E-state index contributed by atoms with van der Waals surface area (Å²) in [4.78, 5) is 0. The molecule has 22 heavy (non-hydrogen) atoms. The summed E-state index contributed by atoms with van der Waals surface area (Å²) < 4.78 is 6.98. The molecule has 0 amide bonds. The lowest BCUT2D eigenvalue weighted by Gasteiger charge is -2.15. The molecule has 0 atom stereocenters. The SMILES string of the molecule is CC(C)NCc1cc(Br)ccc1OCc1ccc(Cl)cc1Cl. The van der Waals surface area contributed by atoms with Gasteiger partial charge in [0.15, 0.2) is 0 Å². The third-order valence-electron chi connectivity index (χ3n) is 3.12. The Morgan fingerprint density at radius 1 is 1.09 bits per heavy atom. The van der Waals surface area contributed by atoms with E-state index in [1.165, 1.54) is 0 Å². The zero-order chi connectivity index (χ0) is 16.1. The van der Waals surface area contributed by atoms with Crippen molar-refractivity contribution in [3.05, 3.63) is 62.0 Å². The maximum absolute atomic E-state index is 6.18. The highest BCUT2D eigenvalue weighted by molar-refractivity contribution is 9.10. The first-order chi connectivity index (χ1) is 10.5. The molecule has 0 aliphatic rings. The van der Waals surface area contributed by atoms with E-state index >= 15 is 0 Å². The van der Waals surface area contributed by atoms with Gasteiger partial charge in [0.1, 0.15) is 12.4 Å². The number of hydrogen-bond donors (Lipinski definition) is 1. The van der Waals surface area contributed by atoms with E-state index in [0.717, 1.165) is 27.9 Å². The van der Waals surface area contributed by atoms with Crippen LogP contribution in [-0.4, -0.2) is 6.04 Å². The first-order valence-corrected chi connectivity index (χ1v) is 8.59. The van der Waals surface area contributed by atoms with E-state index in [1.54, 1.807) is 6.07 Å². The minimum Gasteiger partial charge on any atom is -0.489 e. The van der Waals surface area contributed by atoms with E-state index in [2.05, 4.69) is 41.2 Å². The normalized spacial score (nSPS) is 11.0. The van der Waals surface area contributed by atoms with Crippen LogP contribution >= 0.6 is 39.1 Å². The van der Waals surface area contributed by atoms with Crippen molar-refractivity contribution in [1.29, 1.82) is 0 Å². The Kier molecular flexibility index (Phi) is 6.57. The molecule has 1 N–H and O–H groups in total. The van der Waals surface area contributed by atoms with E-state index in [9.17, 15) is 0 Å². The Balaban J connectivity index is 2.11. The van der Waals surface area contributed by atoms with Crippen LogP contribution in [0.4, 0.5) is 0 Å². The Labute approximate surface area is 149 Å². The summed E-state index contributed by atoms with van der Waals surface area (Å²) >= 11 is 15.6. The largest absolute Gasteiger partial charge is 0.489 e. The molecule has 2 aromatic rings. The first kappa shape index (κ1) is 17.6. The maximum atomic E-state index is 6.18. The van der Waals surface area contributed by atoms with Crippen LogP contribution in [0, 0.1) is 0 Å². The Hall–Kier alpha value is -0.740. The summed E-state index contributed by atoms with van der Waals surface area (Å²) in [6.45, 7) is 5.39. The third kappa shape index (κ3) is 5.17. The lowest BCUT2D eigenvalue weighted by molar-refractivity contribution is 0.302. The fourth-order valence-corrected chi connectivity index (χ4v) is 2.81. The molecule has 0 aliphatic carbocycles. The van der Waals surface area contributed by atoms with Crippen molar-refractivity contribution in [3.8, 4) is 5.75 Å². The average Bonchev–Trinajstić information content (AvgIpc) is 2.45. The molecule has 0 aliphatic heterocycles. The highest BCUT2D eigenvalue weighted by Crippen LogP contribution is 2.26. The summed E-state index contributed by atoms with van der Waals surface area (Å²) in [6.07, 6.45) is 0. The first-order valence-electron chi connectivity index (χ1n) is 7.04. The topological polar surface area (TPSA) is 21.3 Å². The summed E-state index contributed by atoms with van der Waals surface area (Å²) in [6, 6.07) is 11.8. The minimum atomic E-state index is 0.409. The molecule has 2 rings (SSSR count). The molecular weight excluding hydrogens is 385 g/mol. The van der Waals surface area contributed by atoms with Crippen molar-refractivity contribution < 1.29 is 4.74 Å². The molecule has 0 aromatic heterocycles. The van der Waals surface area contributed by atoms with Gasteiger partial charge in [-0.25, -0.2) is 0 Å². The summed E-state index contributed by atoms with van der Waals surface area (Å²) in [5, 5.41) is 4.64. The molecule has 0 spiro atoms. The van der Waals surface area contributed by atoms with Crippen LogP contribution in [0.3, 0.4) is 0 Å². The fraction of sp³-hybridized carbons (Fsp3) is 0.294. The van der Waals surface area contributed by atoms with Gasteiger partial charge in [-0.05, 0) is 30.3 Å². The van der Waals surface area contributed by atoms with Crippen LogP contribution in [-0.2, 0) is 13.2 Å². The smallest absolute Gasteiger partial charge is 0.124 e. The second-order valence-electron chi connectivity index (χ2n) is 5.31. The van der Waals surface area contributed by atoms with Gasteiger partial charge >= 0.3 is 0 Å². The quantitative estimate of drug-likeness (QED) is 0.655. The summed E-state index contributed by atoms with van der Waals surface area (Å²) in [5.74, 6) is 0.849. The lowest BCUT2D eigenvalue weighted by Crippen LogP contribution is -2.22. The Bertz CT molecular complexity index is 647. The lowest BCUT2D eigenvalue weighted by atomic mass is 10.2. The van der Waals surface area contributed by atoms with Crippen molar-refractivity contribution in [2.75, 3.05) is 0 Å². The van der Waals surface area contributed by atoms with Gasteiger partial charge in [0, 0.05) is 38.2 Å². The highest BCUT2D eigenvalue weighted by atomic mass is 79.9. The van der Waals surface area contributed by atoms with Crippen molar-refractivity contribution in [2.45, 2.75) is 33.0 Å². The molecule has 0 bridgehead atoms. The van der Waals surface area contributed by atoms with Crippen LogP contribution in [0.2, 0.25) is 10.0 Å².